The monoisotopic (exact) mass is 204 g/mol. The van der Waals surface area contributed by atoms with Gasteiger partial charge in [0, 0.05) is 5.75 Å². The summed E-state index contributed by atoms with van der Waals surface area (Å²) < 4.78 is 5.36. The second-order valence-electron chi connectivity index (χ2n) is 3.54. The molecule has 0 aliphatic heterocycles. The molecule has 0 radical (unpaired) electrons. The smallest absolute Gasteiger partial charge is 0.307 e. The minimum atomic E-state index is -0.727. The summed E-state index contributed by atoms with van der Waals surface area (Å²) >= 11 is 1.56. The summed E-state index contributed by atoms with van der Waals surface area (Å²) in [5.74, 6) is 1.07. The fourth-order valence-electron chi connectivity index (χ4n) is 0.854. The first kappa shape index (κ1) is 10.9. The van der Waals surface area contributed by atoms with Gasteiger partial charge in [-0.25, -0.2) is 0 Å². The fourth-order valence-corrected chi connectivity index (χ4v) is 1.66. The maximum absolute atomic E-state index is 10.4. The molecular formula is C9H16O3S. The standard InChI is InChI=1S/C9H16O3S/c1-7(9(10)11)5-13-6-12-4-8-2-3-8/h7-8H,2-6H2,1H3,(H,10,11). The first-order valence-electron chi connectivity index (χ1n) is 4.58. The molecule has 0 heterocycles. The second kappa shape index (κ2) is 5.50. The van der Waals surface area contributed by atoms with Crippen molar-refractivity contribution in [2.45, 2.75) is 19.8 Å². The molecule has 13 heavy (non-hydrogen) atoms. The van der Waals surface area contributed by atoms with Crippen LogP contribution >= 0.6 is 11.8 Å². The minimum absolute atomic E-state index is 0.269. The normalized spacial score (nSPS) is 18.5. The van der Waals surface area contributed by atoms with Gasteiger partial charge in [-0.05, 0) is 18.8 Å². The van der Waals surface area contributed by atoms with Gasteiger partial charge in [0.05, 0.1) is 18.5 Å². The Morgan fingerprint density at radius 1 is 1.69 bits per heavy atom. The number of carboxylic acid groups (broad SMARTS) is 1. The van der Waals surface area contributed by atoms with E-state index in [9.17, 15) is 4.79 Å². The number of hydrogen-bond acceptors (Lipinski definition) is 3. The van der Waals surface area contributed by atoms with Gasteiger partial charge in [-0.1, -0.05) is 6.92 Å². The average molecular weight is 204 g/mol. The van der Waals surface area contributed by atoms with Gasteiger partial charge in [0.2, 0.25) is 0 Å². The predicted molar refractivity (Wildman–Crippen MR) is 52.8 cm³/mol. The van der Waals surface area contributed by atoms with Gasteiger partial charge < -0.3 is 9.84 Å². The van der Waals surface area contributed by atoms with Gasteiger partial charge in [-0.3, -0.25) is 4.79 Å². The highest BCUT2D eigenvalue weighted by Crippen LogP contribution is 2.29. The molecule has 0 aromatic heterocycles. The Kier molecular flexibility index (Phi) is 4.59. The SMILES string of the molecule is CC(CSCOCC1CC1)C(=O)O. The van der Waals surface area contributed by atoms with Crippen molar-refractivity contribution in [3.8, 4) is 0 Å². The average Bonchev–Trinajstić information content (AvgIpc) is 2.87. The van der Waals surface area contributed by atoms with Crippen LogP contribution < -0.4 is 0 Å². The van der Waals surface area contributed by atoms with Crippen LogP contribution in [0.3, 0.4) is 0 Å². The largest absolute Gasteiger partial charge is 0.481 e. The molecule has 0 bridgehead atoms. The zero-order chi connectivity index (χ0) is 9.68. The van der Waals surface area contributed by atoms with E-state index in [0.29, 0.717) is 11.7 Å². The van der Waals surface area contributed by atoms with Crippen LogP contribution in [0.1, 0.15) is 19.8 Å². The van der Waals surface area contributed by atoms with Crippen LogP contribution in [0.25, 0.3) is 0 Å². The number of hydrogen-bond donors (Lipinski definition) is 1. The quantitative estimate of drug-likeness (QED) is 0.507. The summed E-state index contributed by atoms with van der Waals surface area (Å²) in [7, 11) is 0. The van der Waals surface area contributed by atoms with Crippen LogP contribution in [0, 0.1) is 11.8 Å². The minimum Gasteiger partial charge on any atom is -0.481 e. The third-order valence-corrected chi connectivity index (χ3v) is 3.08. The van der Waals surface area contributed by atoms with Crippen LogP contribution in [0.4, 0.5) is 0 Å². The Morgan fingerprint density at radius 2 is 2.38 bits per heavy atom. The van der Waals surface area contributed by atoms with Crippen LogP contribution in [0.15, 0.2) is 0 Å². The van der Waals surface area contributed by atoms with Crippen molar-refractivity contribution in [1.29, 1.82) is 0 Å². The summed E-state index contributed by atoms with van der Waals surface area (Å²) in [6.07, 6.45) is 2.60. The van der Waals surface area contributed by atoms with Gasteiger partial charge in [-0.2, -0.15) is 0 Å². The second-order valence-corrected chi connectivity index (χ2v) is 4.52. The highest BCUT2D eigenvalue weighted by Gasteiger charge is 2.21. The molecule has 1 aliphatic rings. The molecule has 1 saturated carbocycles. The molecule has 1 atom stereocenters. The molecule has 0 amide bonds. The lowest BCUT2D eigenvalue weighted by Gasteiger charge is -2.05. The van der Waals surface area contributed by atoms with E-state index < -0.39 is 5.97 Å². The summed E-state index contributed by atoms with van der Waals surface area (Å²) in [5, 5.41) is 8.58. The number of rotatable bonds is 7. The molecule has 1 fully saturated rings. The molecule has 0 aromatic carbocycles. The fraction of sp³-hybridized carbons (Fsp3) is 0.889. The summed E-state index contributed by atoms with van der Waals surface area (Å²) in [4.78, 5) is 10.4. The van der Waals surface area contributed by atoms with E-state index in [0.717, 1.165) is 12.5 Å². The lowest BCUT2D eigenvalue weighted by Crippen LogP contribution is -2.12. The van der Waals surface area contributed by atoms with Gasteiger partial charge in [0.15, 0.2) is 0 Å². The molecule has 1 unspecified atom stereocenters. The summed E-state index contributed by atoms with van der Waals surface area (Å²) in [6.45, 7) is 2.57. The summed E-state index contributed by atoms with van der Waals surface area (Å²) in [6, 6.07) is 0. The Balaban J connectivity index is 1.84. The summed E-state index contributed by atoms with van der Waals surface area (Å²) in [5.41, 5.74) is 0. The number of aliphatic carboxylic acids is 1. The van der Waals surface area contributed by atoms with Crippen molar-refractivity contribution >= 4 is 17.7 Å². The highest BCUT2D eigenvalue weighted by molar-refractivity contribution is 7.99. The molecule has 0 aromatic rings. The van der Waals surface area contributed by atoms with Crippen LogP contribution in [0.2, 0.25) is 0 Å². The van der Waals surface area contributed by atoms with E-state index in [2.05, 4.69) is 0 Å². The van der Waals surface area contributed by atoms with Gasteiger partial charge in [-0.15, -0.1) is 11.8 Å². The Morgan fingerprint density at radius 3 is 2.92 bits per heavy atom. The molecule has 1 rings (SSSR count). The van der Waals surface area contributed by atoms with Crippen molar-refractivity contribution < 1.29 is 14.6 Å². The van der Waals surface area contributed by atoms with Crippen LogP contribution in [0.5, 0.6) is 0 Å². The van der Waals surface area contributed by atoms with E-state index in [1.54, 1.807) is 18.7 Å². The molecule has 1 aliphatic carbocycles. The number of thioether (sulfide) groups is 1. The van der Waals surface area contributed by atoms with Gasteiger partial charge >= 0.3 is 5.97 Å². The molecule has 3 nitrogen and oxygen atoms in total. The van der Waals surface area contributed by atoms with Crippen molar-refractivity contribution in [2.24, 2.45) is 11.8 Å². The Labute approximate surface area is 82.8 Å². The van der Waals surface area contributed by atoms with E-state index in [-0.39, 0.29) is 5.92 Å². The zero-order valence-electron chi connectivity index (χ0n) is 7.86. The first-order valence-corrected chi connectivity index (χ1v) is 5.74. The van der Waals surface area contributed by atoms with Crippen molar-refractivity contribution in [2.75, 3.05) is 18.3 Å². The van der Waals surface area contributed by atoms with Gasteiger partial charge in [0.1, 0.15) is 0 Å². The van der Waals surface area contributed by atoms with E-state index in [1.165, 1.54) is 12.8 Å². The van der Waals surface area contributed by atoms with E-state index in [4.69, 9.17) is 9.84 Å². The molecule has 1 N–H and O–H groups in total. The van der Waals surface area contributed by atoms with E-state index in [1.807, 2.05) is 0 Å². The van der Waals surface area contributed by atoms with E-state index >= 15 is 0 Å². The molecule has 0 saturated heterocycles. The Hall–Kier alpha value is -0.220. The van der Waals surface area contributed by atoms with Crippen LogP contribution in [-0.2, 0) is 9.53 Å². The van der Waals surface area contributed by atoms with Crippen molar-refractivity contribution in [3.05, 3.63) is 0 Å². The maximum Gasteiger partial charge on any atom is 0.307 e. The topological polar surface area (TPSA) is 46.5 Å². The third kappa shape index (κ3) is 5.16. The predicted octanol–water partition coefficient (Wildman–Crippen LogP) is 1.82. The zero-order valence-corrected chi connectivity index (χ0v) is 8.68. The van der Waals surface area contributed by atoms with Gasteiger partial charge in [0.25, 0.3) is 0 Å². The molecule has 76 valence electrons. The van der Waals surface area contributed by atoms with Crippen LogP contribution in [-0.4, -0.2) is 29.4 Å². The highest BCUT2D eigenvalue weighted by atomic mass is 32.2. The maximum atomic E-state index is 10.4. The molecule has 0 spiro atoms. The lowest BCUT2D eigenvalue weighted by atomic mass is 10.2. The Bertz CT molecular complexity index is 168. The number of carboxylic acids is 1. The van der Waals surface area contributed by atoms with Crippen molar-refractivity contribution in [1.82, 2.24) is 0 Å². The molecule has 4 heteroatoms. The lowest BCUT2D eigenvalue weighted by molar-refractivity contribution is -0.140. The van der Waals surface area contributed by atoms with Crippen molar-refractivity contribution in [3.63, 3.8) is 0 Å². The third-order valence-electron chi connectivity index (χ3n) is 2.01. The number of ether oxygens (including phenoxy) is 1. The first-order chi connectivity index (χ1) is 6.20. The number of carbonyl (C=O) groups is 1. The molecular weight excluding hydrogens is 188 g/mol.